The molecule has 0 spiro atoms. The van der Waals surface area contributed by atoms with Gasteiger partial charge in [0.25, 0.3) is 11.1 Å². The summed E-state index contributed by atoms with van der Waals surface area (Å²) in [5, 5.41) is 3.98. The van der Waals surface area contributed by atoms with Gasteiger partial charge in [0.1, 0.15) is 6.54 Å². The zero-order chi connectivity index (χ0) is 25.2. The van der Waals surface area contributed by atoms with E-state index in [0.29, 0.717) is 22.2 Å². The number of nitrogens with one attached hydrogen (secondary N) is 1. The molecule has 1 aromatic heterocycles. The Morgan fingerprint density at radius 2 is 2.08 bits per heavy atom. The van der Waals surface area contributed by atoms with E-state index in [0.717, 1.165) is 64.6 Å². The zero-order valence-electron chi connectivity index (χ0n) is 19.8. The van der Waals surface area contributed by atoms with Gasteiger partial charge in [0, 0.05) is 35.3 Å². The molecular formula is C27H26ClN3O4S. The monoisotopic (exact) mass is 523 g/mol. The molecule has 1 atom stereocenters. The normalized spacial score (nSPS) is 19.1. The molecule has 2 saturated heterocycles. The lowest BCUT2D eigenvalue weighted by Crippen LogP contribution is -2.34. The Kier molecular flexibility index (Phi) is 7.18. The van der Waals surface area contributed by atoms with Gasteiger partial charge >= 0.3 is 0 Å². The van der Waals surface area contributed by atoms with Crippen molar-refractivity contribution in [2.75, 3.05) is 18.1 Å². The number of thioether (sulfide) groups is 1. The summed E-state index contributed by atoms with van der Waals surface area (Å²) in [5.41, 5.74) is 3.27. The van der Waals surface area contributed by atoms with Crippen LogP contribution in [0.3, 0.4) is 0 Å². The Bertz CT molecular complexity index is 1380. The third kappa shape index (κ3) is 4.93. The van der Waals surface area contributed by atoms with Gasteiger partial charge in [-0.1, -0.05) is 42.8 Å². The number of aryl methyl sites for hydroxylation is 1. The van der Waals surface area contributed by atoms with Crippen molar-refractivity contribution < 1.29 is 19.1 Å². The highest BCUT2D eigenvalue weighted by molar-refractivity contribution is 8.19. The van der Waals surface area contributed by atoms with Crippen molar-refractivity contribution in [2.24, 2.45) is 0 Å². The standard InChI is InChI=1S/C27H26ClN3O4S/c1-2-17-6-3-10-22-18(15-30(25(17)22)16-24(32)29-14-21-9-5-11-35-21)12-23-26(33)31(27(34)36-23)20-8-4-7-19(28)13-20/h3-4,6-8,10,12-13,15,21H,2,5,9,11,14,16H2,1H3,(H,29,32)/b23-12-/t21-/m0/s1. The molecular weight excluding hydrogens is 498 g/mol. The number of anilines is 1. The lowest BCUT2D eigenvalue weighted by molar-refractivity contribution is -0.122. The number of carbonyl (C=O) groups excluding carboxylic acids is 3. The van der Waals surface area contributed by atoms with Gasteiger partial charge in [0.05, 0.1) is 22.2 Å². The number of para-hydroxylation sites is 1. The highest BCUT2D eigenvalue weighted by atomic mass is 35.5. The number of aromatic nitrogens is 1. The number of hydrogen-bond donors (Lipinski definition) is 1. The van der Waals surface area contributed by atoms with E-state index >= 15 is 0 Å². The number of fused-ring (bicyclic) bond motifs is 1. The number of benzene rings is 2. The number of carbonyl (C=O) groups is 3. The lowest BCUT2D eigenvalue weighted by atomic mass is 10.1. The van der Waals surface area contributed by atoms with Crippen molar-refractivity contribution in [2.45, 2.75) is 38.8 Å². The van der Waals surface area contributed by atoms with E-state index in [1.54, 1.807) is 30.3 Å². The number of ether oxygens (including phenoxy) is 1. The molecule has 2 aromatic carbocycles. The van der Waals surface area contributed by atoms with Crippen LogP contribution in [-0.2, 0) is 27.3 Å². The molecule has 0 bridgehead atoms. The van der Waals surface area contributed by atoms with E-state index in [4.69, 9.17) is 16.3 Å². The SMILES string of the molecule is CCc1cccc2c(/C=C3\SC(=O)N(c4cccc(Cl)c4)C3=O)cn(CC(=O)NC[C@@H]3CCCO3)c12. The topological polar surface area (TPSA) is 80.6 Å². The summed E-state index contributed by atoms with van der Waals surface area (Å²) in [4.78, 5) is 40.1. The molecule has 0 radical (unpaired) electrons. The average molecular weight is 524 g/mol. The zero-order valence-corrected chi connectivity index (χ0v) is 21.4. The third-order valence-electron chi connectivity index (χ3n) is 6.41. The summed E-state index contributed by atoms with van der Waals surface area (Å²) in [7, 11) is 0. The van der Waals surface area contributed by atoms with Gasteiger partial charge in [-0.05, 0) is 60.9 Å². The molecule has 3 amide bonds. The molecule has 0 aliphatic carbocycles. The van der Waals surface area contributed by atoms with Crippen molar-refractivity contribution in [3.63, 3.8) is 0 Å². The molecule has 1 N–H and O–H groups in total. The average Bonchev–Trinajstić information content (AvgIpc) is 3.57. The first-order valence-corrected chi connectivity index (χ1v) is 13.2. The first-order valence-electron chi connectivity index (χ1n) is 12.0. The van der Waals surface area contributed by atoms with Crippen LogP contribution in [0.1, 0.15) is 30.9 Å². The smallest absolute Gasteiger partial charge is 0.298 e. The second kappa shape index (κ2) is 10.5. The second-order valence-electron chi connectivity index (χ2n) is 8.82. The summed E-state index contributed by atoms with van der Waals surface area (Å²) < 4.78 is 7.52. The number of halogens is 1. The summed E-state index contributed by atoms with van der Waals surface area (Å²) in [6.45, 7) is 3.47. The molecule has 0 saturated carbocycles. The van der Waals surface area contributed by atoms with E-state index in [9.17, 15) is 14.4 Å². The Hall–Kier alpha value is -3.07. The van der Waals surface area contributed by atoms with Crippen LogP contribution in [0.2, 0.25) is 5.02 Å². The molecule has 5 rings (SSSR count). The van der Waals surface area contributed by atoms with E-state index < -0.39 is 5.91 Å². The van der Waals surface area contributed by atoms with Crippen molar-refractivity contribution >= 4 is 63.1 Å². The maximum absolute atomic E-state index is 13.2. The molecule has 3 heterocycles. The molecule has 2 aliphatic rings. The highest BCUT2D eigenvalue weighted by Gasteiger charge is 2.36. The molecule has 36 heavy (non-hydrogen) atoms. The lowest BCUT2D eigenvalue weighted by Gasteiger charge is -2.12. The predicted octanol–water partition coefficient (Wildman–Crippen LogP) is 5.39. The fourth-order valence-electron chi connectivity index (χ4n) is 4.68. The van der Waals surface area contributed by atoms with E-state index in [2.05, 4.69) is 12.2 Å². The molecule has 2 fully saturated rings. The van der Waals surface area contributed by atoms with E-state index in [1.807, 2.05) is 29.0 Å². The maximum atomic E-state index is 13.2. The van der Waals surface area contributed by atoms with Gasteiger partial charge in [-0.2, -0.15) is 0 Å². The Balaban J connectivity index is 1.45. The summed E-state index contributed by atoms with van der Waals surface area (Å²) in [5.74, 6) is -0.491. The van der Waals surface area contributed by atoms with E-state index in [-0.39, 0.29) is 23.8 Å². The van der Waals surface area contributed by atoms with Crippen LogP contribution < -0.4 is 10.2 Å². The van der Waals surface area contributed by atoms with Crippen molar-refractivity contribution in [1.82, 2.24) is 9.88 Å². The maximum Gasteiger partial charge on any atom is 0.298 e. The van der Waals surface area contributed by atoms with Gasteiger partial charge in [-0.25, -0.2) is 4.90 Å². The van der Waals surface area contributed by atoms with E-state index in [1.165, 1.54) is 0 Å². The quantitative estimate of drug-likeness (QED) is 0.420. The Labute approximate surface area is 218 Å². The summed E-state index contributed by atoms with van der Waals surface area (Å²) in [6.07, 6.45) is 6.47. The molecule has 7 nitrogen and oxygen atoms in total. The minimum Gasteiger partial charge on any atom is -0.376 e. The number of nitrogens with zero attached hydrogens (tertiary/aromatic N) is 2. The minimum atomic E-state index is -0.394. The van der Waals surface area contributed by atoms with Gasteiger partial charge in [-0.3, -0.25) is 14.4 Å². The summed E-state index contributed by atoms with van der Waals surface area (Å²) >= 11 is 6.96. The number of imide groups is 1. The largest absolute Gasteiger partial charge is 0.376 e. The number of rotatable bonds is 7. The van der Waals surface area contributed by atoms with Crippen LogP contribution in [-0.4, -0.2) is 40.9 Å². The van der Waals surface area contributed by atoms with Crippen LogP contribution in [0.5, 0.6) is 0 Å². The molecule has 2 aliphatic heterocycles. The molecule has 0 unspecified atom stereocenters. The van der Waals surface area contributed by atoms with Crippen LogP contribution >= 0.6 is 23.4 Å². The fourth-order valence-corrected chi connectivity index (χ4v) is 5.70. The number of amides is 3. The van der Waals surface area contributed by atoms with Crippen LogP contribution in [0.15, 0.2) is 53.6 Å². The Morgan fingerprint density at radius 1 is 1.25 bits per heavy atom. The molecule has 186 valence electrons. The van der Waals surface area contributed by atoms with Crippen molar-refractivity contribution in [1.29, 1.82) is 0 Å². The first kappa shape index (κ1) is 24.6. The van der Waals surface area contributed by atoms with Crippen LogP contribution in [0.25, 0.3) is 17.0 Å². The van der Waals surface area contributed by atoms with Crippen LogP contribution in [0, 0.1) is 0 Å². The van der Waals surface area contributed by atoms with Crippen LogP contribution in [0.4, 0.5) is 10.5 Å². The van der Waals surface area contributed by atoms with Gasteiger partial charge < -0.3 is 14.6 Å². The predicted molar refractivity (Wildman–Crippen MR) is 143 cm³/mol. The minimum absolute atomic E-state index is 0.0761. The first-order chi connectivity index (χ1) is 17.4. The Morgan fingerprint density at radius 3 is 2.83 bits per heavy atom. The molecule has 3 aromatic rings. The third-order valence-corrected chi connectivity index (χ3v) is 7.51. The fraction of sp³-hybridized carbons (Fsp3) is 0.296. The highest BCUT2D eigenvalue weighted by Crippen LogP contribution is 2.38. The molecule has 9 heteroatoms. The van der Waals surface area contributed by atoms with Crippen molar-refractivity contribution in [3.05, 3.63) is 69.7 Å². The number of hydrogen-bond acceptors (Lipinski definition) is 5. The van der Waals surface area contributed by atoms with Gasteiger partial charge in [-0.15, -0.1) is 0 Å². The van der Waals surface area contributed by atoms with Gasteiger partial charge in [0.15, 0.2) is 0 Å². The van der Waals surface area contributed by atoms with Gasteiger partial charge in [0.2, 0.25) is 5.91 Å². The second-order valence-corrected chi connectivity index (χ2v) is 10.2. The summed E-state index contributed by atoms with van der Waals surface area (Å²) in [6, 6.07) is 12.7. The van der Waals surface area contributed by atoms with Crippen molar-refractivity contribution in [3.8, 4) is 0 Å².